The lowest BCUT2D eigenvalue weighted by atomic mass is 10.0. The van der Waals surface area contributed by atoms with Crippen LogP contribution in [0, 0.1) is 23.2 Å². The number of aromatic nitrogens is 4. The molecule has 3 fully saturated rings. The molecule has 2 aromatic carbocycles. The van der Waals surface area contributed by atoms with Gasteiger partial charge in [-0.25, -0.2) is 24.4 Å². The van der Waals surface area contributed by atoms with E-state index in [0.717, 1.165) is 64.9 Å². The van der Waals surface area contributed by atoms with Crippen LogP contribution in [0.4, 0.5) is 14.4 Å². The van der Waals surface area contributed by atoms with Crippen molar-refractivity contribution in [3.63, 3.8) is 0 Å². The summed E-state index contributed by atoms with van der Waals surface area (Å²) in [6.07, 6.45) is 4.63. The number of imidazole rings is 2. The third-order valence-electron chi connectivity index (χ3n) is 11.2. The number of rotatable bonds is 10. The van der Waals surface area contributed by atoms with Gasteiger partial charge in [0.25, 0.3) is 0 Å². The van der Waals surface area contributed by atoms with Gasteiger partial charge in [-0.3, -0.25) is 9.59 Å². The number of carbonyl (C=O) groups excluding carboxylic acids is 5. The Balaban J connectivity index is 1.02. The van der Waals surface area contributed by atoms with Gasteiger partial charge < -0.3 is 50.9 Å². The average Bonchev–Trinajstić information content (AvgIpc) is 3.71. The molecule has 1 spiro atoms. The lowest BCUT2D eigenvalue weighted by molar-refractivity contribution is -0.136. The van der Waals surface area contributed by atoms with Crippen LogP contribution in [0.15, 0.2) is 48.7 Å². The van der Waals surface area contributed by atoms with Crippen molar-refractivity contribution in [2.45, 2.75) is 70.1 Å². The Kier molecular flexibility index (Phi) is 11.3. The van der Waals surface area contributed by atoms with Crippen LogP contribution in [-0.4, -0.2) is 106 Å². The lowest BCUT2D eigenvalue weighted by Gasteiger charge is -2.30. The second kappa shape index (κ2) is 16.5. The van der Waals surface area contributed by atoms with E-state index in [9.17, 15) is 24.0 Å². The van der Waals surface area contributed by atoms with E-state index in [2.05, 4.69) is 47.5 Å². The first-order chi connectivity index (χ1) is 27.9. The van der Waals surface area contributed by atoms with E-state index >= 15 is 0 Å². The summed E-state index contributed by atoms with van der Waals surface area (Å²) < 4.78 is 9.46. The number of nitrogens with one attached hydrogen (secondary N) is 5. The lowest BCUT2D eigenvalue weighted by Crippen LogP contribution is -2.54. The topological polar surface area (TPSA) is 230 Å². The normalized spacial score (nSPS) is 19.0. The summed E-state index contributed by atoms with van der Waals surface area (Å²) in [5, 5.41) is 7.58. The Morgan fingerprint density at radius 2 is 1.62 bits per heavy atom. The zero-order valence-corrected chi connectivity index (χ0v) is 32.9. The van der Waals surface area contributed by atoms with Crippen LogP contribution in [-0.2, 0) is 19.1 Å². The molecule has 0 radical (unpaired) electrons. The first-order valence-corrected chi connectivity index (χ1v) is 19.4. The van der Waals surface area contributed by atoms with Gasteiger partial charge in [0.2, 0.25) is 11.8 Å². The predicted octanol–water partition coefficient (Wildman–Crippen LogP) is 3.84. The monoisotopic (exact) mass is 792 g/mol. The number of primary amides is 1. The quantitative estimate of drug-likeness (QED) is 0.128. The molecular formula is C41H48N10O7. The number of hydrogen-bond donors (Lipinski definition) is 6. The summed E-state index contributed by atoms with van der Waals surface area (Å²) in [6, 6.07) is 10.4. The van der Waals surface area contributed by atoms with Crippen LogP contribution in [0.25, 0.3) is 22.3 Å². The minimum absolute atomic E-state index is 0.0954. The number of nitrogens with two attached hydrogens (primary N) is 1. The van der Waals surface area contributed by atoms with Crippen molar-refractivity contribution in [1.29, 1.82) is 0 Å². The minimum atomic E-state index is -1.07. The number of urea groups is 1. The predicted molar refractivity (Wildman–Crippen MR) is 212 cm³/mol. The molecule has 2 aliphatic heterocycles. The molecule has 4 atom stereocenters. The molecule has 4 aromatic rings. The van der Waals surface area contributed by atoms with E-state index in [1.807, 2.05) is 61.2 Å². The number of fused-ring (bicyclic) bond motifs is 1. The van der Waals surface area contributed by atoms with E-state index in [4.69, 9.17) is 15.5 Å². The van der Waals surface area contributed by atoms with Crippen molar-refractivity contribution in [1.82, 2.24) is 45.7 Å². The summed E-state index contributed by atoms with van der Waals surface area (Å²) in [7, 11) is 2.48. The highest BCUT2D eigenvalue weighted by molar-refractivity contribution is 5.88. The largest absolute Gasteiger partial charge is 0.453 e. The van der Waals surface area contributed by atoms with Gasteiger partial charge in [-0.1, -0.05) is 37.8 Å². The van der Waals surface area contributed by atoms with Crippen molar-refractivity contribution in [3.8, 4) is 23.1 Å². The maximum absolute atomic E-state index is 13.9. The molecule has 7 N–H and O–H groups in total. The van der Waals surface area contributed by atoms with Crippen LogP contribution in [0.5, 0.6) is 0 Å². The number of methoxy groups -OCH3 is 2. The molecule has 3 aliphatic rings. The standard InChI is InChI=1S/C41H48N10O7/c1-23(2)33(49-40(56)58-4)37(53)51-22-41(15-16-41)19-32(51)35-45-27-14-11-25(18-28(27)46-35)8-7-24-9-12-26(13-10-24)29-20-43-34(47-29)31-6-5-17-50(31)36(52)30(21-44-38(42)54)48-39(55)57-3/h9-14,18,20,23,30-33H,5-6,15-17,19,21-22H2,1-4H3,(H,43,47)(H,45,46)(H,48,55)(H,49,56)(H3,42,44,54)/t30-,31-,32-,33-/m0/s1. The molecule has 4 heterocycles. The highest BCUT2D eigenvalue weighted by atomic mass is 16.5. The number of hydrogen-bond acceptors (Lipinski definition) is 9. The number of alkyl carbamates (subject to hydrolysis) is 2. The van der Waals surface area contributed by atoms with E-state index in [0.29, 0.717) is 25.3 Å². The van der Waals surface area contributed by atoms with Crippen LogP contribution < -0.4 is 21.7 Å². The van der Waals surface area contributed by atoms with Crippen LogP contribution in [0.2, 0.25) is 0 Å². The Bertz CT molecular complexity index is 2270. The van der Waals surface area contributed by atoms with Gasteiger partial charge in [0.05, 0.1) is 49.2 Å². The van der Waals surface area contributed by atoms with E-state index < -0.39 is 30.3 Å². The molecule has 304 valence electrons. The number of carbonyl (C=O) groups is 5. The molecule has 0 bridgehead atoms. The Hall–Kier alpha value is -6.57. The van der Waals surface area contributed by atoms with E-state index in [1.165, 1.54) is 14.2 Å². The first-order valence-electron chi connectivity index (χ1n) is 19.4. The molecule has 7 rings (SSSR count). The molecule has 58 heavy (non-hydrogen) atoms. The molecule has 1 saturated carbocycles. The number of ether oxygens (including phenoxy) is 2. The number of H-pyrrole nitrogens is 2. The maximum atomic E-state index is 13.9. The third-order valence-corrected chi connectivity index (χ3v) is 11.2. The Labute approximate surface area is 335 Å². The zero-order valence-electron chi connectivity index (χ0n) is 32.9. The molecule has 2 saturated heterocycles. The fourth-order valence-corrected chi connectivity index (χ4v) is 7.86. The van der Waals surface area contributed by atoms with Gasteiger partial charge in [0.15, 0.2) is 0 Å². The molecule has 17 heteroatoms. The van der Waals surface area contributed by atoms with Crippen molar-refractivity contribution in [3.05, 3.63) is 71.4 Å². The van der Waals surface area contributed by atoms with Gasteiger partial charge in [0, 0.05) is 30.8 Å². The second-order valence-corrected chi connectivity index (χ2v) is 15.5. The average molecular weight is 793 g/mol. The van der Waals surface area contributed by atoms with E-state index in [1.54, 1.807) is 11.1 Å². The van der Waals surface area contributed by atoms with Crippen molar-refractivity contribution in [2.75, 3.05) is 33.9 Å². The number of benzene rings is 2. The second-order valence-electron chi connectivity index (χ2n) is 15.5. The van der Waals surface area contributed by atoms with Crippen LogP contribution in [0.1, 0.15) is 80.8 Å². The highest BCUT2D eigenvalue weighted by Gasteiger charge is 2.55. The van der Waals surface area contributed by atoms with Crippen LogP contribution in [0.3, 0.4) is 0 Å². The smallest absolute Gasteiger partial charge is 0.407 e. The Morgan fingerprint density at radius 3 is 2.31 bits per heavy atom. The summed E-state index contributed by atoms with van der Waals surface area (Å²) in [6.45, 7) is 4.71. The van der Waals surface area contributed by atoms with Crippen molar-refractivity contribution >= 4 is 41.1 Å². The Morgan fingerprint density at radius 1 is 0.914 bits per heavy atom. The van der Waals surface area contributed by atoms with Crippen LogP contribution >= 0.6 is 0 Å². The summed E-state index contributed by atoms with van der Waals surface area (Å²) in [5.41, 5.74) is 10.2. The van der Waals surface area contributed by atoms with E-state index in [-0.39, 0.29) is 41.8 Å². The number of nitrogens with zero attached hydrogens (tertiary/aromatic N) is 4. The third kappa shape index (κ3) is 8.55. The minimum Gasteiger partial charge on any atom is -0.453 e. The van der Waals surface area contributed by atoms with Gasteiger partial charge in [0.1, 0.15) is 23.7 Å². The van der Waals surface area contributed by atoms with Crippen molar-refractivity contribution < 1.29 is 33.4 Å². The summed E-state index contributed by atoms with van der Waals surface area (Å²) in [5.74, 6) is 7.17. The summed E-state index contributed by atoms with van der Waals surface area (Å²) >= 11 is 0. The highest BCUT2D eigenvalue weighted by Crippen LogP contribution is 2.58. The van der Waals surface area contributed by atoms with Crippen molar-refractivity contribution in [2.24, 2.45) is 17.1 Å². The maximum Gasteiger partial charge on any atom is 0.407 e. The molecule has 17 nitrogen and oxygen atoms in total. The molecular weight excluding hydrogens is 745 g/mol. The van der Waals surface area contributed by atoms with Gasteiger partial charge in [-0.15, -0.1) is 0 Å². The fraction of sp³-hybridized carbons (Fsp3) is 0.439. The van der Waals surface area contributed by atoms with Gasteiger partial charge in [-0.05, 0) is 79.3 Å². The number of amides is 6. The summed E-state index contributed by atoms with van der Waals surface area (Å²) in [4.78, 5) is 82.5. The molecule has 2 aromatic heterocycles. The fourth-order valence-electron chi connectivity index (χ4n) is 7.86. The molecule has 6 amide bonds. The number of aromatic amines is 2. The van der Waals surface area contributed by atoms with Gasteiger partial charge in [-0.2, -0.15) is 0 Å². The number of likely N-dealkylation sites (tertiary alicyclic amines) is 2. The first kappa shape index (κ1) is 39.7. The SMILES string of the molecule is COC(=O)N[C@@H](CNC(N)=O)C(=O)N1CCC[C@H]1c1ncc(-c2ccc(C#Cc3ccc4nc([C@@H]5CC6(CC6)CN5C(=O)[C@@H](NC(=O)OC)C(C)C)[nH]c4c3)cc2)[nH]1. The molecule has 0 unspecified atom stereocenters. The molecule has 1 aliphatic carbocycles. The zero-order chi connectivity index (χ0) is 41.1. The van der Waals surface area contributed by atoms with Gasteiger partial charge >= 0.3 is 18.2 Å².